The Morgan fingerprint density at radius 3 is 1.73 bits per heavy atom. The Balaban J connectivity index is 2.49. The summed E-state index contributed by atoms with van der Waals surface area (Å²) < 4.78 is 0. The molecule has 0 unspecified atom stereocenters. The molecule has 0 aliphatic carbocycles. The fourth-order valence-electron chi connectivity index (χ4n) is 2.86. The normalized spacial score (nSPS) is 14.4. The third-order valence-electron chi connectivity index (χ3n) is 4.33. The Morgan fingerprint density at radius 1 is 0.818 bits per heavy atom. The zero-order valence-electron chi connectivity index (χ0n) is 13.9. The van der Waals surface area contributed by atoms with Crippen LogP contribution in [0.4, 0.5) is 0 Å². The number of carbonyl (C=O) groups excluding carboxylic acids is 1. The van der Waals surface area contributed by atoms with Crippen molar-refractivity contribution >= 4 is 5.91 Å². The van der Waals surface area contributed by atoms with Gasteiger partial charge in [-0.2, -0.15) is 0 Å². The first-order valence-corrected chi connectivity index (χ1v) is 7.68. The molecule has 2 nitrogen and oxygen atoms in total. The van der Waals surface area contributed by atoms with E-state index in [2.05, 4.69) is 64.1 Å². The minimum absolute atomic E-state index is 0.116. The van der Waals surface area contributed by atoms with Crippen molar-refractivity contribution in [3.63, 3.8) is 0 Å². The van der Waals surface area contributed by atoms with Crippen molar-refractivity contribution in [3.05, 3.63) is 71.3 Å². The number of hydrogen-bond acceptors (Lipinski definition) is 1. The molecule has 0 bridgehead atoms. The second kappa shape index (κ2) is 5.96. The predicted octanol–water partition coefficient (Wildman–Crippen LogP) is 4.17. The summed E-state index contributed by atoms with van der Waals surface area (Å²) >= 11 is 0. The van der Waals surface area contributed by atoms with Crippen LogP contribution in [0.25, 0.3) is 0 Å². The molecule has 0 aromatic heterocycles. The minimum atomic E-state index is -0.399. The Labute approximate surface area is 133 Å². The minimum Gasteiger partial charge on any atom is -0.370 e. The van der Waals surface area contributed by atoms with Gasteiger partial charge in [0.25, 0.3) is 0 Å². The van der Waals surface area contributed by atoms with E-state index in [4.69, 9.17) is 5.73 Å². The summed E-state index contributed by atoms with van der Waals surface area (Å²) in [5.74, 6) is -0.286. The molecule has 1 amide bonds. The highest BCUT2D eigenvalue weighted by Gasteiger charge is 2.31. The highest BCUT2D eigenvalue weighted by molar-refractivity contribution is 5.76. The molecule has 116 valence electrons. The van der Waals surface area contributed by atoms with E-state index < -0.39 is 5.41 Å². The van der Waals surface area contributed by atoms with E-state index in [0.717, 1.165) is 11.1 Å². The largest absolute Gasteiger partial charge is 0.370 e. The first-order valence-electron chi connectivity index (χ1n) is 7.68. The van der Waals surface area contributed by atoms with Gasteiger partial charge in [-0.25, -0.2) is 0 Å². The van der Waals surface area contributed by atoms with E-state index in [0.29, 0.717) is 6.42 Å². The lowest BCUT2D eigenvalue weighted by Gasteiger charge is -2.30. The van der Waals surface area contributed by atoms with Crippen LogP contribution in [0.2, 0.25) is 0 Å². The Bertz CT molecular complexity index is 638. The molecule has 0 aliphatic heterocycles. The standard InChI is InChI=1S/C20H25NO/c1-19(2,3)15-10-12-17(13-11-15)20(4,14-18(21)22)16-8-6-5-7-9-16/h5-13H,14H2,1-4H3,(H2,21,22)/t20-/m0/s1. The van der Waals surface area contributed by atoms with Crippen molar-refractivity contribution in [2.45, 2.75) is 44.9 Å². The van der Waals surface area contributed by atoms with Crippen molar-refractivity contribution in [1.29, 1.82) is 0 Å². The molecule has 1 atom stereocenters. The molecule has 0 saturated heterocycles. The Morgan fingerprint density at radius 2 is 1.27 bits per heavy atom. The van der Waals surface area contributed by atoms with Crippen LogP contribution in [0.5, 0.6) is 0 Å². The SMILES string of the molecule is CC(C)(C)c1ccc([C@@](C)(CC(N)=O)c2ccccc2)cc1. The maximum atomic E-state index is 11.6. The number of primary amides is 1. The summed E-state index contributed by atoms with van der Waals surface area (Å²) in [6, 6.07) is 18.6. The van der Waals surface area contributed by atoms with Gasteiger partial charge in [0.15, 0.2) is 0 Å². The molecule has 0 heterocycles. The summed E-state index contributed by atoms with van der Waals surface area (Å²) in [6.07, 6.45) is 0.297. The van der Waals surface area contributed by atoms with E-state index >= 15 is 0 Å². The number of benzene rings is 2. The third-order valence-corrected chi connectivity index (χ3v) is 4.33. The van der Waals surface area contributed by atoms with Crippen molar-refractivity contribution in [3.8, 4) is 0 Å². The van der Waals surface area contributed by atoms with Gasteiger partial charge in [0.05, 0.1) is 0 Å². The number of amides is 1. The lowest BCUT2D eigenvalue weighted by molar-refractivity contribution is -0.118. The summed E-state index contributed by atoms with van der Waals surface area (Å²) in [6.45, 7) is 8.67. The fraction of sp³-hybridized carbons (Fsp3) is 0.350. The summed E-state index contributed by atoms with van der Waals surface area (Å²) in [7, 11) is 0. The van der Waals surface area contributed by atoms with Crippen LogP contribution in [0, 0.1) is 0 Å². The lowest BCUT2D eigenvalue weighted by atomic mass is 9.73. The van der Waals surface area contributed by atoms with Crippen LogP contribution in [0.15, 0.2) is 54.6 Å². The molecule has 2 heteroatoms. The van der Waals surface area contributed by atoms with Gasteiger partial charge in [-0.3, -0.25) is 4.79 Å². The van der Waals surface area contributed by atoms with Crippen molar-refractivity contribution < 1.29 is 4.79 Å². The predicted molar refractivity (Wildman–Crippen MR) is 91.8 cm³/mol. The first kappa shape index (κ1) is 16.3. The smallest absolute Gasteiger partial charge is 0.218 e. The lowest BCUT2D eigenvalue weighted by Crippen LogP contribution is -2.30. The molecule has 2 aromatic carbocycles. The summed E-state index contributed by atoms with van der Waals surface area (Å²) in [4.78, 5) is 11.6. The molecule has 0 spiro atoms. The van der Waals surface area contributed by atoms with Crippen molar-refractivity contribution in [2.24, 2.45) is 5.73 Å². The first-order chi connectivity index (χ1) is 10.2. The maximum absolute atomic E-state index is 11.6. The van der Waals surface area contributed by atoms with Crippen molar-refractivity contribution in [2.75, 3.05) is 0 Å². The van der Waals surface area contributed by atoms with Gasteiger partial charge in [-0.15, -0.1) is 0 Å². The molecule has 0 radical (unpaired) electrons. The van der Waals surface area contributed by atoms with E-state index in [-0.39, 0.29) is 11.3 Å². The van der Waals surface area contributed by atoms with E-state index in [1.54, 1.807) is 0 Å². The van der Waals surface area contributed by atoms with E-state index in [1.807, 2.05) is 18.2 Å². The van der Waals surface area contributed by atoms with Gasteiger partial charge in [-0.1, -0.05) is 82.3 Å². The third kappa shape index (κ3) is 3.38. The highest BCUT2D eigenvalue weighted by Crippen LogP contribution is 2.36. The average Bonchev–Trinajstić information content (AvgIpc) is 2.46. The second-order valence-electron chi connectivity index (χ2n) is 7.17. The molecule has 2 N–H and O–H groups in total. The second-order valence-corrected chi connectivity index (χ2v) is 7.17. The van der Waals surface area contributed by atoms with Gasteiger partial charge < -0.3 is 5.73 Å². The fourth-order valence-corrected chi connectivity index (χ4v) is 2.86. The molecule has 2 aromatic rings. The quantitative estimate of drug-likeness (QED) is 0.904. The van der Waals surface area contributed by atoms with Crippen LogP contribution in [-0.2, 0) is 15.6 Å². The topological polar surface area (TPSA) is 43.1 Å². The van der Waals surface area contributed by atoms with Gasteiger partial charge >= 0.3 is 0 Å². The molecule has 22 heavy (non-hydrogen) atoms. The van der Waals surface area contributed by atoms with E-state index in [9.17, 15) is 4.79 Å². The van der Waals surface area contributed by atoms with Crippen LogP contribution in [0.1, 0.15) is 50.8 Å². The monoisotopic (exact) mass is 295 g/mol. The van der Waals surface area contributed by atoms with Gasteiger partial charge in [0, 0.05) is 11.8 Å². The molecule has 0 aliphatic rings. The molecular formula is C20H25NO. The summed E-state index contributed by atoms with van der Waals surface area (Å²) in [5, 5.41) is 0. The highest BCUT2D eigenvalue weighted by atomic mass is 16.1. The summed E-state index contributed by atoms with van der Waals surface area (Å²) in [5.41, 5.74) is 8.74. The number of carbonyl (C=O) groups is 1. The molecule has 2 rings (SSSR count). The maximum Gasteiger partial charge on any atom is 0.218 e. The Kier molecular flexibility index (Phi) is 4.41. The van der Waals surface area contributed by atoms with Crippen LogP contribution >= 0.6 is 0 Å². The van der Waals surface area contributed by atoms with E-state index in [1.165, 1.54) is 5.56 Å². The van der Waals surface area contributed by atoms with Crippen molar-refractivity contribution in [1.82, 2.24) is 0 Å². The number of hydrogen-bond donors (Lipinski definition) is 1. The van der Waals surface area contributed by atoms with Gasteiger partial charge in [-0.05, 0) is 22.1 Å². The van der Waals surface area contributed by atoms with Gasteiger partial charge in [0.2, 0.25) is 5.91 Å². The molecule has 0 saturated carbocycles. The molecule has 0 fully saturated rings. The zero-order valence-corrected chi connectivity index (χ0v) is 13.9. The number of nitrogens with two attached hydrogens (primary N) is 1. The Hall–Kier alpha value is -2.09. The average molecular weight is 295 g/mol. The number of rotatable bonds is 4. The zero-order chi connectivity index (χ0) is 16.4. The van der Waals surface area contributed by atoms with Crippen LogP contribution in [-0.4, -0.2) is 5.91 Å². The molecular weight excluding hydrogens is 270 g/mol. The van der Waals surface area contributed by atoms with Gasteiger partial charge in [0.1, 0.15) is 0 Å². The van der Waals surface area contributed by atoms with Crippen LogP contribution in [0.3, 0.4) is 0 Å². The van der Waals surface area contributed by atoms with Crippen LogP contribution < -0.4 is 5.73 Å².